The van der Waals surface area contributed by atoms with Gasteiger partial charge in [-0.05, 0) is 40.5 Å². The van der Waals surface area contributed by atoms with E-state index in [2.05, 4.69) is 21.2 Å². The molecule has 0 aliphatic heterocycles. The number of furan rings is 1. The van der Waals surface area contributed by atoms with Crippen molar-refractivity contribution < 1.29 is 14.1 Å². The Morgan fingerprint density at radius 3 is 2.74 bits per heavy atom. The fourth-order valence-corrected chi connectivity index (χ4v) is 1.96. The summed E-state index contributed by atoms with van der Waals surface area (Å²) < 4.78 is 5.22. The summed E-state index contributed by atoms with van der Waals surface area (Å²) in [5.41, 5.74) is 1.02. The Balaban J connectivity index is 2.32. The van der Waals surface area contributed by atoms with E-state index < -0.39 is 10.8 Å². The number of nitrogens with zero attached hydrogens (tertiary/aromatic N) is 1. The van der Waals surface area contributed by atoms with Crippen LogP contribution in [0.15, 0.2) is 39.6 Å². The predicted molar refractivity (Wildman–Crippen MR) is 72.2 cm³/mol. The molecule has 1 aromatic carbocycles. The minimum Gasteiger partial charge on any atom is -0.457 e. The first-order valence-corrected chi connectivity index (χ1v) is 6.07. The molecule has 6 nitrogen and oxygen atoms in total. The lowest BCUT2D eigenvalue weighted by Gasteiger charge is -2.05. The van der Waals surface area contributed by atoms with E-state index >= 15 is 0 Å². The fourth-order valence-electron chi connectivity index (χ4n) is 1.54. The number of carbonyl (C=O) groups is 1. The van der Waals surface area contributed by atoms with Crippen molar-refractivity contribution in [2.24, 2.45) is 0 Å². The molecule has 0 spiro atoms. The van der Waals surface area contributed by atoms with Crippen LogP contribution in [0.2, 0.25) is 0 Å². The van der Waals surface area contributed by atoms with Crippen LogP contribution in [-0.4, -0.2) is 10.8 Å². The standard InChI is InChI=1S/C12H9BrN2O4/c1-7-2-3-9(10(6-7)15(17)18)14-12(16)8-4-5-19-11(8)13/h2-6H,1H3,(H,14,16). The molecule has 7 heteroatoms. The number of hydrogen-bond donors (Lipinski definition) is 1. The van der Waals surface area contributed by atoms with Crippen molar-refractivity contribution in [3.63, 3.8) is 0 Å². The quantitative estimate of drug-likeness (QED) is 0.691. The highest BCUT2D eigenvalue weighted by molar-refractivity contribution is 9.10. The lowest BCUT2D eigenvalue weighted by atomic mass is 10.2. The Morgan fingerprint density at radius 2 is 2.16 bits per heavy atom. The third kappa shape index (κ3) is 2.82. The van der Waals surface area contributed by atoms with Crippen molar-refractivity contribution in [1.82, 2.24) is 0 Å². The van der Waals surface area contributed by atoms with Crippen molar-refractivity contribution in [3.05, 3.63) is 56.4 Å². The number of carbonyl (C=O) groups excluding carboxylic acids is 1. The summed E-state index contributed by atoms with van der Waals surface area (Å²) >= 11 is 3.08. The van der Waals surface area contributed by atoms with Gasteiger partial charge in [-0.2, -0.15) is 0 Å². The molecule has 0 saturated heterocycles. The van der Waals surface area contributed by atoms with E-state index in [1.807, 2.05) is 0 Å². The largest absolute Gasteiger partial charge is 0.457 e. The van der Waals surface area contributed by atoms with E-state index in [1.54, 1.807) is 13.0 Å². The highest BCUT2D eigenvalue weighted by Crippen LogP contribution is 2.27. The molecule has 19 heavy (non-hydrogen) atoms. The molecule has 0 fully saturated rings. The van der Waals surface area contributed by atoms with Crippen molar-refractivity contribution >= 4 is 33.2 Å². The molecule has 98 valence electrons. The topological polar surface area (TPSA) is 85.4 Å². The summed E-state index contributed by atoms with van der Waals surface area (Å²) in [4.78, 5) is 22.3. The van der Waals surface area contributed by atoms with Crippen LogP contribution in [0.1, 0.15) is 15.9 Å². The highest BCUT2D eigenvalue weighted by Gasteiger charge is 2.19. The van der Waals surface area contributed by atoms with Gasteiger partial charge in [-0.25, -0.2) is 0 Å². The Labute approximate surface area is 116 Å². The average Bonchev–Trinajstić information content (AvgIpc) is 2.77. The number of nitro benzene ring substituents is 1. The van der Waals surface area contributed by atoms with Crippen LogP contribution in [-0.2, 0) is 0 Å². The molecule has 0 bridgehead atoms. The highest BCUT2D eigenvalue weighted by atomic mass is 79.9. The summed E-state index contributed by atoms with van der Waals surface area (Å²) in [6.45, 7) is 1.74. The lowest BCUT2D eigenvalue weighted by molar-refractivity contribution is -0.384. The van der Waals surface area contributed by atoms with Gasteiger partial charge in [0.2, 0.25) is 0 Å². The van der Waals surface area contributed by atoms with Gasteiger partial charge in [-0.15, -0.1) is 0 Å². The van der Waals surface area contributed by atoms with Gasteiger partial charge in [-0.3, -0.25) is 14.9 Å². The molecule has 0 unspecified atom stereocenters. The van der Waals surface area contributed by atoms with Crippen LogP contribution in [0.3, 0.4) is 0 Å². The van der Waals surface area contributed by atoms with E-state index in [1.165, 1.54) is 24.5 Å². The van der Waals surface area contributed by atoms with Gasteiger partial charge in [0.1, 0.15) is 5.69 Å². The molecular weight excluding hydrogens is 316 g/mol. The number of rotatable bonds is 3. The summed E-state index contributed by atoms with van der Waals surface area (Å²) in [6, 6.07) is 6.06. The normalized spacial score (nSPS) is 10.2. The van der Waals surface area contributed by atoms with Crippen molar-refractivity contribution in [2.45, 2.75) is 6.92 Å². The smallest absolute Gasteiger partial charge is 0.293 e. The average molecular weight is 325 g/mol. The van der Waals surface area contributed by atoms with Crippen LogP contribution < -0.4 is 5.32 Å². The first-order chi connectivity index (χ1) is 8.99. The van der Waals surface area contributed by atoms with Gasteiger partial charge in [0.25, 0.3) is 11.6 Å². The summed E-state index contributed by atoms with van der Waals surface area (Å²) in [5, 5.41) is 13.4. The number of benzene rings is 1. The van der Waals surface area contributed by atoms with Gasteiger partial charge in [0.05, 0.1) is 16.7 Å². The van der Waals surface area contributed by atoms with E-state index in [-0.39, 0.29) is 21.6 Å². The number of nitro groups is 1. The van der Waals surface area contributed by atoms with Gasteiger partial charge in [0.15, 0.2) is 4.67 Å². The zero-order valence-corrected chi connectivity index (χ0v) is 11.4. The van der Waals surface area contributed by atoms with E-state index in [9.17, 15) is 14.9 Å². The molecule has 0 aliphatic carbocycles. The second kappa shape index (κ2) is 5.23. The van der Waals surface area contributed by atoms with Crippen LogP contribution in [0.4, 0.5) is 11.4 Å². The third-order valence-electron chi connectivity index (χ3n) is 2.46. The zero-order valence-electron chi connectivity index (χ0n) is 9.84. The molecule has 1 amide bonds. The van der Waals surface area contributed by atoms with Crippen LogP contribution in [0.25, 0.3) is 0 Å². The number of hydrogen-bond acceptors (Lipinski definition) is 4. The summed E-state index contributed by atoms with van der Waals surface area (Å²) in [6.07, 6.45) is 1.35. The molecule has 0 aliphatic rings. The maximum Gasteiger partial charge on any atom is 0.293 e. The number of nitrogens with one attached hydrogen (secondary N) is 1. The first-order valence-electron chi connectivity index (χ1n) is 5.28. The van der Waals surface area contributed by atoms with Gasteiger partial charge >= 0.3 is 0 Å². The zero-order chi connectivity index (χ0) is 14.0. The van der Waals surface area contributed by atoms with Gasteiger partial charge in [0, 0.05) is 6.07 Å². The number of amides is 1. The molecule has 1 N–H and O–H groups in total. The third-order valence-corrected chi connectivity index (χ3v) is 3.07. The molecule has 2 aromatic rings. The summed E-state index contributed by atoms with van der Waals surface area (Å²) in [5.74, 6) is -0.479. The molecule has 1 heterocycles. The molecule has 0 saturated carbocycles. The molecule has 0 atom stereocenters. The van der Waals surface area contributed by atoms with Crippen LogP contribution in [0, 0.1) is 17.0 Å². The second-order valence-corrected chi connectivity index (χ2v) is 4.56. The monoisotopic (exact) mass is 324 g/mol. The second-order valence-electron chi connectivity index (χ2n) is 3.84. The minimum atomic E-state index is -0.535. The number of aryl methyl sites for hydroxylation is 1. The summed E-state index contributed by atoms with van der Waals surface area (Å²) in [7, 11) is 0. The van der Waals surface area contributed by atoms with Crippen molar-refractivity contribution in [3.8, 4) is 0 Å². The molecule has 0 radical (unpaired) electrons. The van der Waals surface area contributed by atoms with E-state index in [0.29, 0.717) is 0 Å². The SMILES string of the molecule is Cc1ccc(NC(=O)c2ccoc2Br)c([N+](=O)[O-])c1. The van der Waals surface area contributed by atoms with E-state index in [0.717, 1.165) is 5.56 Å². The fraction of sp³-hybridized carbons (Fsp3) is 0.0833. The lowest BCUT2D eigenvalue weighted by Crippen LogP contribution is -2.12. The van der Waals surface area contributed by atoms with E-state index in [4.69, 9.17) is 4.42 Å². The van der Waals surface area contributed by atoms with Gasteiger partial charge < -0.3 is 9.73 Å². The Hall–Kier alpha value is -2.15. The van der Waals surface area contributed by atoms with Crippen molar-refractivity contribution in [1.29, 1.82) is 0 Å². The molecular formula is C12H9BrN2O4. The predicted octanol–water partition coefficient (Wildman–Crippen LogP) is 3.51. The number of anilines is 1. The van der Waals surface area contributed by atoms with Gasteiger partial charge in [-0.1, -0.05) is 6.07 Å². The minimum absolute atomic E-state index is 0.145. The molecule has 1 aromatic heterocycles. The first kappa shape index (κ1) is 13.3. The Morgan fingerprint density at radius 1 is 1.42 bits per heavy atom. The maximum absolute atomic E-state index is 11.9. The number of halogens is 1. The Bertz CT molecular complexity index is 651. The van der Waals surface area contributed by atoms with Crippen molar-refractivity contribution in [2.75, 3.05) is 5.32 Å². The Kier molecular flexibility index (Phi) is 3.66. The van der Waals surface area contributed by atoms with Crippen LogP contribution >= 0.6 is 15.9 Å². The van der Waals surface area contributed by atoms with Crippen LogP contribution in [0.5, 0.6) is 0 Å². The maximum atomic E-state index is 11.9. The molecule has 2 rings (SSSR count).